The number of hydrogen-bond acceptors (Lipinski definition) is 9. The summed E-state index contributed by atoms with van der Waals surface area (Å²) in [5.41, 5.74) is 7.84. The van der Waals surface area contributed by atoms with Crippen molar-refractivity contribution in [3.05, 3.63) is 120 Å². The van der Waals surface area contributed by atoms with Gasteiger partial charge in [0.1, 0.15) is 17.9 Å². The lowest BCUT2D eigenvalue weighted by atomic mass is 9.94. The minimum atomic E-state index is -0.893. The van der Waals surface area contributed by atoms with Gasteiger partial charge in [0.15, 0.2) is 0 Å². The normalized spacial score (nSPS) is 21.1. The highest BCUT2D eigenvalue weighted by atomic mass is 16.5. The second-order valence-corrected chi connectivity index (χ2v) is 17.9. The number of alkyl carbamates (subject to hydrolysis) is 2. The van der Waals surface area contributed by atoms with Crippen molar-refractivity contribution in [3.8, 4) is 22.4 Å². The quantitative estimate of drug-likeness (QED) is 0.116. The number of nitrogens with zero attached hydrogens (tertiary/aromatic N) is 4. The van der Waals surface area contributed by atoms with E-state index in [2.05, 4.69) is 82.3 Å². The van der Waals surface area contributed by atoms with Gasteiger partial charge >= 0.3 is 12.2 Å². The highest BCUT2D eigenvalue weighted by molar-refractivity contribution is 6.06. The van der Waals surface area contributed by atoms with Crippen LogP contribution in [0.4, 0.5) is 15.3 Å². The number of carbonyl (C=O) groups excluding carboxylic acids is 4. The summed E-state index contributed by atoms with van der Waals surface area (Å²) in [7, 11) is 4.10. The number of rotatable bonds is 11. The van der Waals surface area contributed by atoms with Crippen LogP contribution in [0.5, 0.6) is 0 Å². The van der Waals surface area contributed by atoms with Gasteiger partial charge in [0.05, 0.1) is 50.0 Å². The lowest BCUT2D eigenvalue weighted by Crippen LogP contribution is -2.56. The molecule has 7 atom stereocenters. The van der Waals surface area contributed by atoms with Crippen molar-refractivity contribution in [1.29, 1.82) is 0 Å². The molecule has 66 heavy (non-hydrogen) atoms. The van der Waals surface area contributed by atoms with Crippen molar-refractivity contribution >= 4 is 56.9 Å². The number of fused-ring (bicyclic) bond motifs is 6. The Morgan fingerprint density at radius 1 is 0.773 bits per heavy atom. The van der Waals surface area contributed by atoms with Gasteiger partial charge in [-0.1, -0.05) is 72.8 Å². The van der Waals surface area contributed by atoms with Crippen LogP contribution in [0.3, 0.4) is 0 Å². The van der Waals surface area contributed by atoms with Crippen LogP contribution in [0.2, 0.25) is 0 Å². The molecule has 5 aromatic carbocycles. The molecular weight excluding hydrogens is 835 g/mol. The fourth-order valence-electron chi connectivity index (χ4n) is 10.8. The number of methoxy groups -OCH3 is 3. The third-order valence-electron chi connectivity index (χ3n) is 14.2. The number of imidazole rings is 1. The zero-order chi connectivity index (χ0) is 45.6. The number of hydrogen-bond donors (Lipinski definition) is 3. The van der Waals surface area contributed by atoms with E-state index in [-0.39, 0.29) is 35.9 Å². The number of nitrogens with one attached hydrogen (secondary N) is 3. The number of H-pyrrole nitrogens is 1. The standard InChI is InChI=1S/C52H53N7O7/c1-29(64-2)45(56-51(62)65-3)50(61)59-38-19-16-37(26-38)47(59)48-53-28-43(55-48)36-15-14-32-23-31(12-13-33(32)25-36)34-17-20-39-35(24-34)18-21-41-40(39)27-42(54-41)44-11-8-22-58(44)49(60)46(57-52(63)66-4)30-9-6-5-7-10-30/h5-7,9-10,12-15,17-18,20-21,23-25,28-29,37-38,44-47H,8,11,16,19,22,26-27H2,1-4H3,(H,53,55)(H,56,62)(H,57,63)/t29-,37+,38-,44+,45+,46-,47+/m1/s1. The van der Waals surface area contributed by atoms with Gasteiger partial charge in [-0.05, 0) is 113 Å². The van der Waals surface area contributed by atoms with Crippen LogP contribution < -0.4 is 10.6 Å². The molecule has 338 valence electrons. The van der Waals surface area contributed by atoms with E-state index in [1.807, 2.05) is 46.3 Å². The maximum atomic E-state index is 14.1. The molecule has 14 nitrogen and oxygen atoms in total. The van der Waals surface area contributed by atoms with Crippen LogP contribution in [0.25, 0.3) is 43.9 Å². The predicted octanol–water partition coefficient (Wildman–Crippen LogP) is 8.58. The first-order chi connectivity index (χ1) is 32.1. The van der Waals surface area contributed by atoms with Gasteiger partial charge in [0, 0.05) is 37.4 Å². The summed E-state index contributed by atoms with van der Waals surface area (Å²) in [5.74, 6) is 0.641. The van der Waals surface area contributed by atoms with Crippen LogP contribution in [0, 0.1) is 5.92 Å². The van der Waals surface area contributed by atoms with Gasteiger partial charge in [0.2, 0.25) is 11.8 Å². The predicted molar refractivity (Wildman–Crippen MR) is 251 cm³/mol. The van der Waals surface area contributed by atoms with E-state index < -0.39 is 30.4 Å². The van der Waals surface area contributed by atoms with Crippen molar-refractivity contribution in [3.63, 3.8) is 0 Å². The highest BCUT2D eigenvalue weighted by Crippen LogP contribution is 2.50. The average Bonchev–Trinajstić information content (AvgIpc) is 4.23. The molecule has 1 aliphatic carbocycles. The lowest BCUT2D eigenvalue weighted by Gasteiger charge is -2.37. The van der Waals surface area contributed by atoms with E-state index in [1.54, 1.807) is 6.92 Å². The Morgan fingerprint density at radius 2 is 1.47 bits per heavy atom. The third kappa shape index (κ3) is 7.82. The summed E-state index contributed by atoms with van der Waals surface area (Å²) in [5, 5.41) is 9.92. The van der Waals surface area contributed by atoms with Gasteiger partial charge in [0.25, 0.3) is 0 Å². The summed E-state index contributed by atoms with van der Waals surface area (Å²) in [6.45, 7) is 2.36. The molecule has 2 bridgehead atoms. The molecule has 0 unspecified atom stereocenters. The molecular formula is C52H53N7O7. The average molecular weight is 888 g/mol. The Labute approximate surface area is 382 Å². The van der Waals surface area contributed by atoms with E-state index in [0.29, 0.717) is 18.5 Å². The molecule has 1 aromatic heterocycles. The summed E-state index contributed by atoms with van der Waals surface area (Å²) in [6, 6.07) is 30.9. The minimum Gasteiger partial charge on any atom is -0.453 e. The molecule has 10 rings (SSSR count). The number of ether oxygens (including phenoxy) is 3. The molecule has 3 N–H and O–H groups in total. The SMILES string of the molecule is COC(=O)N[C@H](C(=O)N1[C@@H]2CC[C@@H](C2)[C@H]1c1ncc(-c2ccc3cc(-c4ccc5c6c(ccc5c4)N=C([C@@H]4CCCN4C(=O)[C@H](NC(=O)OC)c4ccccc4)C6)ccc3c2)[nH]1)[C@@H](C)OC. The monoisotopic (exact) mass is 887 g/mol. The fourth-order valence-corrected chi connectivity index (χ4v) is 10.8. The van der Waals surface area contributed by atoms with E-state index in [1.165, 1.54) is 21.3 Å². The lowest BCUT2D eigenvalue weighted by molar-refractivity contribution is -0.141. The second-order valence-electron chi connectivity index (χ2n) is 17.9. The Morgan fingerprint density at radius 3 is 2.23 bits per heavy atom. The zero-order valence-corrected chi connectivity index (χ0v) is 37.5. The van der Waals surface area contributed by atoms with Crippen LogP contribution in [-0.2, 0) is 30.2 Å². The first kappa shape index (κ1) is 42.9. The molecule has 3 aliphatic heterocycles. The number of aromatic nitrogens is 2. The van der Waals surface area contributed by atoms with E-state index in [4.69, 9.17) is 24.2 Å². The number of carbonyl (C=O) groups is 4. The van der Waals surface area contributed by atoms with Crippen molar-refractivity contribution < 1.29 is 33.4 Å². The van der Waals surface area contributed by atoms with E-state index in [9.17, 15) is 19.2 Å². The largest absolute Gasteiger partial charge is 0.453 e. The number of likely N-dealkylation sites (tertiary alicyclic amines) is 2. The van der Waals surface area contributed by atoms with Crippen LogP contribution in [0.1, 0.15) is 68.1 Å². The molecule has 2 saturated heterocycles. The molecule has 4 aliphatic rings. The Hall–Kier alpha value is -7.06. The molecule has 1 saturated carbocycles. The summed E-state index contributed by atoms with van der Waals surface area (Å²) in [4.78, 5) is 70.1. The van der Waals surface area contributed by atoms with Gasteiger partial charge in [-0.2, -0.15) is 0 Å². The Bertz CT molecular complexity index is 2900. The van der Waals surface area contributed by atoms with Gasteiger partial charge < -0.3 is 39.6 Å². The van der Waals surface area contributed by atoms with Crippen molar-refractivity contribution in [2.45, 2.75) is 81.8 Å². The minimum absolute atomic E-state index is 0.0675. The molecule has 6 aromatic rings. The van der Waals surface area contributed by atoms with Gasteiger partial charge in [-0.25, -0.2) is 14.6 Å². The first-order valence-electron chi connectivity index (χ1n) is 22.7. The van der Waals surface area contributed by atoms with Crippen molar-refractivity contribution in [2.24, 2.45) is 10.9 Å². The smallest absolute Gasteiger partial charge is 0.407 e. The van der Waals surface area contributed by atoms with Crippen LogP contribution >= 0.6 is 0 Å². The van der Waals surface area contributed by atoms with E-state index >= 15 is 0 Å². The number of piperidine rings is 1. The molecule has 0 radical (unpaired) electrons. The number of aliphatic imine (C=N–C) groups is 1. The second kappa shape index (κ2) is 17.7. The van der Waals surface area contributed by atoms with E-state index in [0.717, 1.165) is 98.8 Å². The third-order valence-corrected chi connectivity index (χ3v) is 14.2. The van der Waals surface area contributed by atoms with Crippen LogP contribution in [0.15, 0.2) is 108 Å². The molecule has 4 heterocycles. The van der Waals surface area contributed by atoms with Crippen LogP contribution in [-0.4, -0.2) is 102 Å². The van der Waals surface area contributed by atoms with Crippen molar-refractivity contribution in [2.75, 3.05) is 27.9 Å². The summed E-state index contributed by atoms with van der Waals surface area (Å²) >= 11 is 0. The molecule has 4 amide bonds. The Kier molecular flexibility index (Phi) is 11.5. The zero-order valence-electron chi connectivity index (χ0n) is 37.5. The Balaban J connectivity index is 0.850. The number of aromatic amines is 1. The number of amides is 4. The maximum absolute atomic E-state index is 14.1. The molecule has 14 heteroatoms. The van der Waals surface area contributed by atoms with Gasteiger partial charge in [-0.3, -0.25) is 14.6 Å². The summed E-state index contributed by atoms with van der Waals surface area (Å²) in [6.07, 6.45) is 5.09. The summed E-state index contributed by atoms with van der Waals surface area (Å²) < 4.78 is 15.2. The van der Waals surface area contributed by atoms with Gasteiger partial charge in [-0.15, -0.1) is 0 Å². The molecule has 0 spiro atoms. The van der Waals surface area contributed by atoms with Crippen molar-refractivity contribution in [1.82, 2.24) is 30.4 Å². The highest BCUT2D eigenvalue weighted by Gasteiger charge is 2.52. The fraction of sp³-hybridized carbons (Fsp3) is 0.346. The molecule has 3 fully saturated rings. The number of benzene rings is 5. The first-order valence-corrected chi connectivity index (χ1v) is 22.7. The maximum Gasteiger partial charge on any atom is 0.407 e. The topological polar surface area (TPSA) is 168 Å².